The van der Waals surface area contributed by atoms with Crippen molar-refractivity contribution in [1.82, 2.24) is 10.2 Å². The molecule has 2 unspecified atom stereocenters. The van der Waals surface area contributed by atoms with Gasteiger partial charge in [0.1, 0.15) is 0 Å². The first-order valence-electron chi connectivity index (χ1n) is 4.67. The van der Waals surface area contributed by atoms with E-state index in [1.165, 1.54) is 32.4 Å². The van der Waals surface area contributed by atoms with Gasteiger partial charge in [-0.05, 0) is 39.8 Å². The Morgan fingerprint density at radius 1 is 1.55 bits per heavy atom. The normalized spacial score (nSPS) is 45.8. The first-order valence-corrected chi connectivity index (χ1v) is 4.67. The molecule has 2 atom stereocenters. The predicted molar refractivity (Wildman–Crippen MR) is 46.7 cm³/mol. The molecule has 0 aromatic heterocycles. The second-order valence-electron chi connectivity index (χ2n) is 4.28. The van der Waals surface area contributed by atoms with Crippen LogP contribution in [-0.4, -0.2) is 36.6 Å². The first-order chi connectivity index (χ1) is 5.22. The molecule has 0 aliphatic carbocycles. The second-order valence-corrected chi connectivity index (χ2v) is 4.28. The Kier molecular flexibility index (Phi) is 1.69. The number of nitrogens with one attached hydrogen (secondary N) is 1. The molecule has 2 nitrogen and oxygen atoms in total. The maximum atomic E-state index is 3.65. The predicted octanol–water partition coefficient (Wildman–Crippen LogP) is 0.833. The summed E-state index contributed by atoms with van der Waals surface area (Å²) in [5, 5.41) is 3.65. The van der Waals surface area contributed by atoms with Crippen molar-refractivity contribution in [2.75, 3.05) is 20.1 Å². The zero-order valence-electron chi connectivity index (χ0n) is 7.56. The minimum absolute atomic E-state index is 0.508. The van der Waals surface area contributed by atoms with Crippen molar-refractivity contribution in [3.63, 3.8) is 0 Å². The molecule has 1 spiro atoms. The molecule has 0 aromatic carbocycles. The van der Waals surface area contributed by atoms with E-state index in [9.17, 15) is 0 Å². The van der Waals surface area contributed by atoms with Gasteiger partial charge in [-0.3, -0.25) is 0 Å². The molecule has 2 aliphatic rings. The standard InChI is InChI=1S/C9H18N2/c1-8-6-9(7-11(8)2)4-3-5-10-9/h8,10H,3-7H2,1-2H3. The fourth-order valence-electron chi connectivity index (χ4n) is 2.60. The number of hydrogen-bond donors (Lipinski definition) is 1. The third kappa shape index (κ3) is 1.18. The van der Waals surface area contributed by atoms with Gasteiger partial charge in [0.2, 0.25) is 0 Å². The molecule has 2 saturated heterocycles. The lowest BCUT2D eigenvalue weighted by molar-refractivity contribution is 0.312. The minimum atomic E-state index is 0.508. The second kappa shape index (κ2) is 2.46. The van der Waals surface area contributed by atoms with E-state index in [-0.39, 0.29) is 0 Å². The Morgan fingerprint density at radius 3 is 2.82 bits per heavy atom. The SMILES string of the molecule is CC1CC2(CCCN2)CN1C. The Labute approximate surface area is 69.0 Å². The molecular weight excluding hydrogens is 136 g/mol. The van der Waals surface area contributed by atoms with Crippen LogP contribution in [0, 0.1) is 0 Å². The molecule has 2 rings (SSSR count). The Bertz CT molecular complexity index is 138. The summed E-state index contributed by atoms with van der Waals surface area (Å²) in [4.78, 5) is 2.47. The Morgan fingerprint density at radius 2 is 2.36 bits per heavy atom. The maximum Gasteiger partial charge on any atom is 0.0324 e. The molecule has 2 heterocycles. The summed E-state index contributed by atoms with van der Waals surface area (Å²) < 4.78 is 0. The molecule has 64 valence electrons. The highest BCUT2D eigenvalue weighted by atomic mass is 15.2. The molecule has 0 aromatic rings. The molecule has 0 bridgehead atoms. The van der Waals surface area contributed by atoms with Gasteiger partial charge in [-0.15, -0.1) is 0 Å². The fraction of sp³-hybridized carbons (Fsp3) is 1.00. The van der Waals surface area contributed by atoms with E-state index in [0.717, 1.165) is 6.04 Å². The largest absolute Gasteiger partial charge is 0.310 e. The summed E-state index contributed by atoms with van der Waals surface area (Å²) in [6, 6.07) is 0.778. The van der Waals surface area contributed by atoms with Crippen LogP contribution in [-0.2, 0) is 0 Å². The molecule has 2 heteroatoms. The van der Waals surface area contributed by atoms with Gasteiger partial charge in [0.15, 0.2) is 0 Å². The van der Waals surface area contributed by atoms with Crippen LogP contribution in [0.1, 0.15) is 26.2 Å². The topological polar surface area (TPSA) is 15.3 Å². The molecule has 2 aliphatic heterocycles. The van der Waals surface area contributed by atoms with Crippen LogP contribution in [0.25, 0.3) is 0 Å². The average Bonchev–Trinajstić information content (AvgIpc) is 2.46. The zero-order valence-corrected chi connectivity index (χ0v) is 7.56. The Balaban J connectivity index is 2.06. The molecule has 0 saturated carbocycles. The molecule has 0 radical (unpaired) electrons. The monoisotopic (exact) mass is 154 g/mol. The van der Waals surface area contributed by atoms with E-state index in [1.54, 1.807) is 0 Å². The van der Waals surface area contributed by atoms with E-state index >= 15 is 0 Å². The highest BCUT2D eigenvalue weighted by Crippen LogP contribution is 2.32. The van der Waals surface area contributed by atoms with Crippen LogP contribution in [0.3, 0.4) is 0 Å². The lowest BCUT2D eigenvalue weighted by Crippen LogP contribution is -2.41. The lowest BCUT2D eigenvalue weighted by atomic mass is 9.95. The average molecular weight is 154 g/mol. The maximum absolute atomic E-state index is 3.65. The fourth-order valence-corrected chi connectivity index (χ4v) is 2.60. The van der Waals surface area contributed by atoms with Crippen LogP contribution in [0.4, 0.5) is 0 Å². The first kappa shape index (κ1) is 7.56. The van der Waals surface area contributed by atoms with Gasteiger partial charge in [0.25, 0.3) is 0 Å². The molecular formula is C9H18N2. The third-order valence-corrected chi connectivity index (χ3v) is 3.32. The molecule has 0 amide bonds. The minimum Gasteiger partial charge on any atom is -0.310 e. The van der Waals surface area contributed by atoms with Crippen LogP contribution in [0.2, 0.25) is 0 Å². The summed E-state index contributed by atoms with van der Waals surface area (Å²) in [6.07, 6.45) is 4.12. The number of rotatable bonds is 0. The Hall–Kier alpha value is -0.0800. The quantitative estimate of drug-likeness (QED) is 0.556. The molecule has 1 N–H and O–H groups in total. The van der Waals surface area contributed by atoms with Crippen molar-refractivity contribution in [1.29, 1.82) is 0 Å². The van der Waals surface area contributed by atoms with Crippen LogP contribution >= 0.6 is 0 Å². The number of hydrogen-bond acceptors (Lipinski definition) is 2. The summed E-state index contributed by atoms with van der Waals surface area (Å²) in [7, 11) is 2.24. The highest BCUT2D eigenvalue weighted by molar-refractivity contribution is 5.02. The number of likely N-dealkylation sites (N-methyl/N-ethyl adjacent to an activating group) is 1. The van der Waals surface area contributed by atoms with Crippen molar-refractivity contribution >= 4 is 0 Å². The third-order valence-electron chi connectivity index (χ3n) is 3.32. The van der Waals surface area contributed by atoms with Crippen molar-refractivity contribution in [2.45, 2.75) is 37.8 Å². The van der Waals surface area contributed by atoms with Crippen molar-refractivity contribution < 1.29 is 0 Å². The highest BCUT2D eigenvalue weighted by Gasteiger charge is 2.41. The lowest BCUT2D eigenvalue weighted by Gasteiger charge is -2.22. The van der Waals surface area contributed by atoms with Gasteiger partial charge in [-0.25, -0.2) is 0 Å². The summed E-state index contributed by atoms with van der Waals surface area (Å²) in [5.41, 5.74) is 0.508. The van der Waals surface area contributed by atoms with E-state index in [2.05, 4.69) is 24.2 Å². The van der Waals surface area contributed by atoms with Crippen molar-refractivity contribution in [3.05, 3.63) is 0 Å². The van der Waals surface area contributed by atoms with E-state index < -0.39 is 0 Å². The van der Waals surface area contributed by atoms with E-state index in [4.69, 9.17) is 0 Å². The zero-order chi connectivity index (χ0) is 7.90. The molecule has 2 fully saturated rings. The van der Waals surface area contributed by atoms with Gasteiger partial charge in [0, 0.05) is 18.1 Å². The summed E-state index contributed by atoms with van der Waals surface area (Å²) >= 11 is 0. The van der Waals surface area contributed by atoms with Crippen LogP contribution in [0.5, 0.6) is 0 Å². The smallest absolute Gasteiger partial charge is 0.0324 e. The number of nitrogens with zero attached hydrogens (tertiary/aromatic N) is 1. The summed E-state index contributed by atoms with van der Waals surface area (Å²) in [5.74, 6) is 0. The van der Waals surface area contributed by atoms with Crippen LogP contribution in [0.15, 0.2) is 0 Å². The van der Waals surface area contributed by atoms with Gasteiger partial charge in [0.05, 0.1) is 0 Å². The molecule has 11 heavy (non-hydrogen) atoms. The van der Waals surface area contributed by atoms with Crippen molar-refractivity contribution in [2.24, 2.45) is 0 Å². The van der Waals surface area contributed by atoms with Gasteiger partial charge in [-0.2, -0.15) is 0 Å². The van der Waals surface area contributed by atoms with Gasteiger partial charge in [-0.1, -0.05) is 0 Å². The van der Waals surface area contributed by atoms with E-state index in [1.807, 2.05) is 0 Å². The van der Waals surface area contributed by atoms with Crippen molar-refractivity contribution in [3.8, 4) is 0 Å². The number of likely N-dealkylation sites (tertiary alicyclic amines) is 1. The van der Waals surface area contributed by atoms with Gasteiger partial charge < -0.3 is 10.2 Å². The summed E-state index contributed by atoms with van der Waals surface area (Å²) in [6.45, 7) is 4.82. The van der Waals surface area contributed by atoms with Crippen LogP contribution < -0.4 is 5.32 Å². The van der Waals surface area contributed by atoms with Gasteiger partial charge >= 0.3 is 0 Å². The van der Waals surface area contributed by atoms with E-state index in [0.29, 0.717) is 5.54 Å².